The van der Waals surface area contributed by atoms with Crippen molar-refractivity contribution < 1.29 is 19.2 Å². The molecule has 0 bridgehead atoms. The minimum absolute atomic E-state index is 0.0820. The van der Waals surface area contributed by atoms with Gasteiger partial charge in [-0.3, -0.25) is 19.9 Å². The fourth-order valence-electron chi connectivity index (χ4n) is 2.88. The summed E-state index contributed by atoms with van der Waals surface area (Å²) in [6.07, 6.45) is -0.739. The lowest BCUT2D eigenvalue weighted by atomic mass is 10.1. The molecular weight excluding hydrogens is 374 g/mol. The van der Waals surface area contributed by atoms with Crippen LogP contribution in [-0.2, 0) is 9.53 Å². The quantitative estimate of drug-likeness (QED) is 0.384. The topological polar surface area (TPSA) is 111 Å². The van der Waals surface area contributed by atoms with Gasteiger partial charge in [0.25, 0.3) is 11.6 Å². The van der Waals surface area contributed by atoms with Crippen LogP contribution in [0.5, 0.6) is 0 Å². The number of hydrogen-bond acceptors (Lipinski definition) is 6. The van der Waals surface area contributed by atoms with Gasteiger partial charge in [-0.2, -0.15) is 0 Å². The summed E-state index contributed by atoms with van der Waals surface area (Å²) in [6.45, 7) is 3.51. The standard InChI is InChI=1S/C21H19N3O5/c1-3-19(20(25)23-14-8-10-15(11-9-14)24(27)28)29-21(26)17-12-13(2)22-18-7-5-4-6-16(17)18/h4-12,19H,3H2,1-2H3,(H,23,25)/t19-/m1/s1. The van der Waals surface area contributed by atoms with Crippen LogP contribution < -0.4 is 5.32 Å². The van der Waals surface area contributed by atoms with Crippen molar-refractivity contribution in [1.29, 1.82) is 0 Å². The van der Waals surface area contributed by atoms with Gasteiger partial charge < -0.3 is 10.1 Å². The number of non-ortho nitro benzene ring substituents is 1. The van der Waals surface area contributed by atoms with Crippen molar-refractivity contribution in [1.82, 2.24) is 4.98 Å². The van der Waals surface area contributed by atoms with Crippen LogP contribution in [0, 0.1) is 17.0 Å². The number of anilines is 1. The molecule has 1 N–H and O–H groups in total. The fraction of sp³-hybridized carbons (Fsp3) is 0.190. The number of nitro benzene ring substituents is 1. The van der Waals surface area contributed by atoms with Gasteiger partial charge in [-0.05, 0) is 37.6 Å². The van der Waals surface area contributed by atoms with Crippen molar-refractivity contribution in [2.45, 2.75) is 26.4 Å². The molecule has 0 unspecified atom stereocenters. The molecule has 8 nitrogen and oxygen atoms in total. The number of aromatic nitrogens is 1. The number of para-hydroxylation sites is 1. The van der Waals surface area contributed by atoms with Crippen LogP contribution in [-0.4, -0.2) is 27.9 Å². The van der Waals surface area contributed by atoms with Gasteiger partial charge in [0, 0.05) is 28.9 Å². The largest absolute Gasteiger partial charge is 0.449 e. The Morgan fingerprint density at radius 3 is 2.52 bits per heavy atom. The fourth-order valence-corrected chi connectivity index (χ4v) is 2.88. The minimum atomic E-state index is -1.01. The summed E-state index contributed by atoms with van der Waals surface area (Å²) in [6, 6.07) is 14.3. The smallest absolute Gasteiger partial charge is 0.339 e. The van der Waals surface area contributed by atoms with Gasteiger partial charge in [0.1, 0.15) is 0 Å². The maximum Gasteiger partial charge on any atom is 0.339 e. The van der Waals surface area contributed by atoms with Crippen molar-refractivity contribution in [2.75, 3.05) is 5.32 Å². The first kappa shape index (κ1) is 19.9. The predicted molar refractivity (Wildman–Crippen MR) is 108 cm³/mol. The normalized spacial score (nSPS) is 11.7. The number of ether oxygens (including phenoxy) is 1. The molecule has 29 heavy (non-hydrogen) atoms. The van der Waals surface area contributed by atoms with Crippen molar-refractivity contribution in [3.8, 4) is 0 Å². The first-order valence-electron chi connectivity index (χ1n) is 9.01. The highest BCUT2D eigenvalue weighted by atomic mass is 16.6. The third kappa shape index (κ3) is 4.55. The molecule has 3 aromatic rings. The number of amides is 1. The Bertz CT molecular complexity index is 1080. The van der Waals surface area contributed by atoms with Crippen LogP contribution >= 0.6 is 0 Å². The predicted octanol–water partition coefficient (Wildman–Crippen LogP) is 4.03. The molecule has 0 aliphatic rings. The van der Waals surface area contributed by atoms with Gasteiger partial charge in [0.05, 0.1) is 16.0 Å². The second kappa shape index (κ2) is 8.47. The lowest BCUT2D eigenvalue weighted by Gasteiger charge is -2.17. The third-order valence-electron chi connectivity index (χ3n) is 4.32. The lowest BCUT2D eigenvalue weighted by molar-refractivity contribution is -0.384. The van der Waals surface area contributed by atoms with Crippen LogP contribution in [0.15, 0.2) is 54.6 Å². The molecule has 1 heterocycles. The molecule has 0 radical (unpaired) electrons. The Hall–Kier alpha value is -3.81. The molecule has 3 rings (SSSR count). The van der Waals surface area contributed by atoms with Gasteiger partial charge in [-0.25, -0.2) is 4.79 Å². The van der Waals surface area contributed by atoms with E-state index in [1.807, 2.05) is 6.07 Å². The first-order chi connectivity index (χ1) is 13.9. The molecule has 148 valence electrons. The zero-order chi connectivity index (χ0) is 21.0. The maximum absolute atomic E-state index is 12.8. The van der Waals surface area contributed by atoms with Crippen LogP contribution in [0.3, 0.4) is 0 Å². The molecule has 2 aromatic carbocycles. The number of fused-ring (bicyclic) bond motifs is 1. The van der Waals surface area contributed by atoms with E-state index in [0.717, 1.165) is 0 Å². The minimum Gasteiger partial charge on any atom is -0.449 e. The summed E-state index contributed by atoms with van der Waals surface area (Å²) in [5, 5.41) is 14.0. The van der Waals surface area contributed by atoms with Gasteiger partial charge in [0.2, 0.25) is 0 Å². The summed E-state index contributed by atoms with van der Waals surface area (Å²) in [5.74, 6) is -1.12. The van der Waals surface area contributed by atoms with Crippen LogP contribution in [0.2, 0.25) is 0 Å². The number of esters is 1. The van der Waals surface area contributed by atoms with Crippen LogP contribution in [0.25, 0.3) is 10.9 Å². The van der Waals surface area contributed by atoms with Crippen LogP contribution in [0.1, 0.15) is 29.4 Å². The van der Waals surface area contributed by atoms with E-state index in [4.69, 9.17) is 4.74 Å². The average molecular weight is 393 g/mol. The Morgan fingerprint density at radius 2 is 1.86 bits per heavy atom. The monoisotopic (exact) mass is 393 g/mol. The molecule has 0 aliphatic heterocycles. The molecular formula is C21H19N3O5. The summed E-state index contributed by atoms with van der Waals surface area (Å²) >= 11 is 0. The highest BCUT2D eigenvalue weighted by Gasteiger charge is 2.23. The van der Waals surface area contributed by atoms with E-state index >= 15 is 0 Å². The molecule has 0 saturated heterocycles. The summed E-state index contributed by atoms with van der Waals surface area (Å²) < 4.78 is 5.46. The van der Waals surface area contributed by atoms with E-state index in [9.17, 15) is 19.7 Å². The molecule has 8 heteroatoms. The van der Waals surface area contributed by atoms with E-state index in [1.165, 1.54) is 24.3 Å². The summed E-state index contributed by atoms with van der Waals surface area (Å²) in [5.41, 5.74) is 1.97. The molecule has 1 atom stereocenters. The Labute approximate surface area is 166 Å². The van der Waals surface area contributed by atoms with Gasteiger partial charge in [-0.15, -0.1) is 0 Å². The third-order valence-corrected chi connectivity index (χ3v) is 4.32. The average Bonchev–Trinajstić information content (AvgIpc) is 2.71. The molecule has 1 aromatic heterocycles. The number of aryl methyl sites for hydroxylation is 1. The highest BCUT2D eigenvalue weighted by molar-refractivity contribution is 6.05. The molecule has 0 spiro atoms. The van der Waals surface area contributed by atoms with E-state index in [-0.39, 0.29) is 12.1 Å². The zero-order valence-corrected chi connectivity index (χ0v) is 15.9. The Morgan fingerprint density at radius 1 is 1.17 bits per heavy atom. The molecule has 0 fully saturated rings. The van der Waals surface area contributed by atoms with Crippen molar-refractivity contribution >= 4 is 34.2 Å². The van der Waals surface area contributed by atoms with Crippen molar-refractivity contribution in [2.24, 2.45) is 0 Å². The SMILES string of the molecule is CC[C@@H](OC(=O)c1cc(C)nc2ccccc12)C(=O)Nc1ccc([N+](=O)[O-])cc1. The lowest BCUT2D eigenvalue weighted by Crippen LogP contribution is -2.32. The maximum atomic E-state index is 12.8. The number of benzene rings is 2. The molecule has 0 saturated carbocycles. The number of nitro groups is 1. The second-order valence-electron chi connectivity index (χ2n) is 6.42. The highest BCUT2D eigenvalue weighted by Crippen LogP contribution is 2.21. The second-order valence-corrected chi connectivity index (χ2v) is 6.42. The first-order valence-corrected chi connectivity index (χ1v) is 9.01. The number of carbonyl (C=O) groups excluding carboxylic acids is 2. The van der Waals surface area contributed by atoms with Gasteiger partial charge in [-0.1, -0.05) is 25.1 Å². The molecule has 0 aliphatic carbocycles. The Kier molecular flexibility index (Phi) is 5.82. The number of hydrogen-bond donors (Lipinski definition) is 1. The van der Waals surface area contributed by atoms with Gasteiger partial charge in [0.15, 0.2) is 6.10 Å². The van der Waals surface area contributed by atoms with Crippen molar-refractivity contribution in [3.63, 3.8) is 0 Å². The number of rotatable bonds is 6. The summed E-state index contributed by atoms with van der Waals surface area (Å²) in [4.78, 5) is 39.9. The van der Waals surface area contributed by atoms with Gasteiger partial charge >= 0.3 is 5.97 Å². The number of nitrogens with one attached hydrogen (secondary N) is 1. The van der Waals surface area contributed by atoms with E-state index in [1.54, 1.807) is 38.1 Å². The van der Waals surface area contributed by atoms with E-state index in [0.29, 0.717) is 27.8 Å². The van der Waals surface area contributed by atoms with Crippen molar-refractivity contribution in [3.05, 3.63) is 76.0 Å². The number of nitrogens with zero attached hydrogens (tertiary/aromatic N) is 2. The zero-order valence-electron chi connectivity index (χ0n) is 15.9. The number of carbonyl (C=O) groups is 2. The Balaban J connectivity index is 1.76. The van der Waals surface area contributed by atoms with E-state index in [2.05, 4.69) is 10.3 Å². The number of pyridine rings is 1. The summed E-state index contributed by atoms with van der Waals surface area (Å²) in [7, 11) is 0. The van der Waals surface area contributed by atoms with Crippen LogP contribution in [0.4, 0.5) is 11.4 Å². The molecule has 1 amide bonds. The van der Waals surface area contributed by atoms with E-state index < -0.39 is 22.9 Å².